The lowest BCUT2D eigenvalue weighted by atomic mass is 10.3. The van der Waals surface area contributed by atoms with Crippen LogP contribution in [-0.2, 0) is 15.8 Å². The van der Waals surface area contributed by atoms with Crippen LogP contribution in [0.15, 0.2) is 52.1 Å². The van der Waals surface area contributed by atoms with Gasteiger partial charge in [-0.1, -0.05) is 23.9 Å². The summed E-state index contributed by atoms with van der Waals surface area (Å²) < 4.78 is 38.0. The quantitative estimate of drug-likeness (QED) is 0.662. The third-order valence-corrected chi connectivity index (χ3v) is 4.64. The van der Waals surface area contributed by atoms with Gasteiger partial charge in [-0.25, -0.2) is 4.98 Å². The minimum atomic E-state index is -4.45. The molecule has 10 heteroatoms. The Bertz CT molecular complexity index is 785. The molecular formula is C16H13BrF3N3O2S. The average molecular weight is 448 g/mol. The number of anilines is 1. The fourth-order valence-electron chi connectivity index (χ4n) is 1.76. The zero-order chi connectivity index (χ0) is 19.2. The zero-order valence-corrected chi connectivity index (χ0v) is 15.5. The summed E-state index contributed by atoms with van der Waals surface area (Å²) >= 11 is 4.27. The number of hydrogen-bond acceptors (Lipinski definition) is 4. The van der Waals surface area contributed by atoms with Crippen LogP contribution in [0.25, 0.3) is 0 Å². The van der Waals surface area contributed by atoms with Crippen LogP contribution in [0, 0.1) is 0 Å². The lowest BCUT2D eigenvalue weighted by Crippen LogP contribution is -2.33. The smallest absolute Gasteiger partial charge is 0.346 e. The molecule has 2 rings (SSSR count). The second-order valence-electron chi connectivity index (χ2n) is 4.98. The Morgan fingerprint density at radius 3 is 2.46 bits per heavy atom. The monoisotopic (exact) mass is 447 g/mol. The Hall–Kier alpha value is -2.07. The number of rotatable bonds is 6. The van der Waals surface area contributed by atoms with Crippen molar-refractivity contribution in [3.63, 3.8) is 0 Å². The molecule has 0 aliphatic heterocycles. The maximum Gasteiger partial charge on any atom is 0.417 e. The molecule has 0 fully saturated rings. The number of amides is 2. The van der Waals surface area contributed by atoms with Crippen LogP contribution in [0.4, 0.5) is 18.9 Å². The minimum absolute atomic E-state index is 0.0688. The van der Waals surface area contributed by atoms with E-state index < -0.39 is 23.6 Å². The Morgan fingerprint density at radius 1 is 1.12 bits per heavy atom. The van der Waals surface area contributed by atoms with Crippen molar-refractivity contribution in [1.29, 1.82) is 0 Å². The fraction of sp³-hybridized carbons (Fsp3) is 0.188. The molecule has 0 spiro atoms. The molecule has 2 amide bonds. The highest BCUT2D eigenvalue weighted by Crippen LogP contribution is 2.29. The molecule has 2 aromatic rings. The van der Waals surface area contributed by atoms with E-state index in [1.165, 1.54) is 6.07 Å². The molecule has 0 saturated heterocycles. The van der Waals surface area contributed by atoms with Crippen molar-refractivity contribution >= 4 is 45.2 Å². The minimum Gasteiger partial charge on any atom is -0.346 e. The molecule has 0 atom stereocenters. The van der Waals surface area contributed by atoms with Gasteiger partial charge in [0.15, 0.2) is 0 Å². The van der Waals surface area contributed by atoms with Gasteiger partial charge < -0.3 is 10.6 Å². The van der Waals surface area contributed by atoms with Crippen LogP contribution in [0.2, 0.25) is 0 Å². The summed E-state index contributed by atoms with van der Waals surface area (Å²) in [6, 6.07) is 9.12. The number of nitrogens with one attached hydrogen (secondary N) is 2. The molecule has 138 valence electrons. The Balaban J connectivity index is 1.75. The van der Waals surface area contributed by atoms with E-state index in [4.69, 9.17) is 0 Å². The van der Waals surface area contributed by atoms with E-state index in [-0.39, 0.29) is 17.3 Å². The summed E-state index contributed by atoms with van der Waals surface area (Å²) in [6.45, 7) is -0.221. The number of para-hydroxylation sites is 1. The molecule has 0 aliphatic rings. The number of halogens is 4. The van der Waals surface area contributed by atoms with E-state index in [0.717, 1.165) is 17.8 Å². The normalized spacial score (nSPS) is 11.1. The molecule has 0 aliphatic carbocycles. The summed E-state index contributed by atoms with van der Waals surface area (Å²) in [5, 5.41) is 5.35. The summed E-state index contributed by atoms with van der Waals surface area (Å²) in [6.07, 6.45) is -3.74. The van der Waals surface area contributed by atoms with Crippen molar-refractivity contribution in [3.05, 3.63) is 52.6 Å². The van der Waals surface area contributed by atoms with Crippen molar-refractivity contribution in [1.82, 2.24) is 10.3 Å². The fourth-order valence-corrected chi connectivity index (χ4v) is 2.82. The Morgan fingerprint density at radius 2 is 1.85 bits per heavy atom. The van der Waals surface area contributed by atoms with Gasteiger partial charge in [-0.2, -0.15) is 13.2 Å². The number of carbonyl (C=O) groups is 2. The molecule has 0 radical (unpaired) electrons. The molecule has 5 nitrogen and oxygen atoms in total. The number of aromatic nitrogens is 1. The number of alkyl halides is 3. The number of pyridine rings is 1. The lowest BCUT2D eigenvalue weighted by molar-refractivity contribution is -0.137. The highest BCUT2D eigenvalue weighted by molar-refractivity contribution is 9.10. The van der Waals surface area contributed by atoms with Crippen LogP contribution < -0.4 is 10.6 Å². The first-order valence-corrected chi connectivity index (χ1v) is 9.00. The SMILES string of the molecule is O=C(CSc1ccc(C(F)(F)F)cn1)NCC(=O)Nc1ccccc1Br. The Kier molecular flexibility index (Phi) is 7.04. The van der Waals surface area contributed by atoms with Gasteiger partial charge in [-0.3, -0.25) is 9.59 Å². The first kappa shape index (κ1) is 20.2. The van der Waals surface area contributed by atoms with Gasteiger partial charge in [-0.15, -0.1) is 0 Å². The zero-order valence-electron chi connectivity index (χ0n) is 13.1. The van der Waals surface area contributed by atoms with Gasteiger partial charge in [0.1, 0.15) is 0 Å². The van der Waals surface area contributed by atoms with Crippen molar-refractivity contribution in [3.8, 4) is 0 Å². The van der Waals surface area contributed by atoms with Gasteiger partial charge >= 0.3 is 6.18 Å². The van der Waals surface area contributed by atoms with Crippen molar-refractivity contribution < 1.29 is 22.8 Å². The van der Waals surface area contributed by atoms with Gasteiger partial charge in [-0.05, 0) is 40.2 Å². The maximum absolute atomic E-state index is 12.4. The van der Waals surface area contributed by atoms with Gasteiger partial charge in [0.25, 0.3) is 0 Å². The second kappa shape index (κ2) is 9.04. The molecule has 1 aromatic carbocycles. The molecule has 0 saturated carbocycles. The molecule has 0 bridgehead atoms. The van der Waals surface area contributed by atoms with E-state index in [0.29, 0.717) is 16.4 Å². The van der Waals surface area contributed by atoms with Crippen LogP contribution in [0.1, 0.15) is 5.56 Å². The van der Waals surface area contributed by atoms with Crippen LogP contribution in [0.3, 0.4) is 0 Å². The molecule has 1 aromatic heterocycles. The predicted molar refractivity (Wildman–Crippen MR) is 95.7 cm³/mol. The third kappa shape index (κ3) is 6.34. The van der Waals surface area contributed by atoms with Crippen molar-refractivity contribution in [2.75, 3.05) is 17.6 Å². The molecule has 26 heavy (non-hydrogen) atoms. The second-order valence-corrected chi connectivity index (χ2v) is 6.83. The molecular weight excluding hydrogens is 435 g/mol. The first-order chi connectivity index (χ1) is 12.3. The summed E-state index contributed by atoms with van der Waals surface area (Å²) in [4.78, 5) is 27.2. The van der Waals surface area contributed by atoms with Gasteiger partial charge in [0.05, 0.1) is 28.6 Å². The standard InChI is InChI=1S/C16H13BrF3N3O2S/c17-11-3-1-2-4-12(11)23-13(24)8-21-14(25)9-26-15-6-5-10(7-22-15)16(18,19)20/h1-7H,8-9H2,(H,21,25)(H,23,24). The first-order valence-electron chi connectivity index (χ1n) is 7.23. The van der Waals surface area contributed by atoms with E-state index in [1.807, 2.05) is 0 Å². The van der Waals surface area contributed by atoms with Crippen molar-refractivity contribution in [2.24, 2.45) is 0 Å². The highest BCUT2D eigenvalue weighted by atomic mass is 79.9. The molecule has 2 N–H and O–H groups in total. The summed E-state index contributed by atoms with van der Waals surface area (Å²) in [5.74, 6) is -0.900. The van der Waals surface area contributed by atoms with E-state index >= 15 is 0 Å². The van der Waals surface area contributed by atoms with Crippen LogP contribution in [0.5, 0.6) is 0 Å². The van der Waals surface area contributed by atoms with E-state index in [2.05, 4.69) is 31.5 Å². The topological polar surface area (TPSA) is 71.1 Å². The van der Waals surface area contributed by atoms with Gasteiger partial charge in [0.2, 0.25) is 11.8 Å². The number of carbonyl (C=O) groups excluding carboxylic acids is 2. The van der Waals surface area contributed by atoms with Crippen LogP contribution in [-0.4, -0.2) is 29.1 Å². The van der Waals surface area contributed by atoms with Crippen molar-refractivity contribution in [2.45, 2.75) is 11.2 Å². The molecule has 1 heterocycles. The summed E-state index contributed by atoms with van der Waals surface area (Å²) in [5.41, 5.74) is -0.273. The number of nitrogens with zero attached hydrogens (tertiary/aromatic N) is 1. The van der Waals surface area contributed by atoms with E-state index in [1.54, 1.807) is 24.3 Å². The number of thioether (sulfide) groups is 1. The lowest BCUT2D eigenvalue weighted by Gasteiger charge is -2.08. The van der Waals surface area contributed by atoms with Gasteiger partial charge in [0, 0.05) is 10.7 Å². The predicted octanol–water partition coefficient (Wildman–Crippen LogP) is 3.71. The summed E-state index contributed by atoms with van der Waals surface area (Å²) in [7, 11) is 0. The third-order valence-electron chi connectivity index (χ3n) is 3.01. The Labute approximate surface area is 159 Å². The highest BCUT2D eigenvalue weighted by Gasteiger charge is 2.30. The largest absolute Gasteiger partial charge is 0.417 e. The number of benzene rings is 1. The van der Waals surface area contributed by atoms with E-state index in [9.17, 15) is 22.8 Å². The maximum atomic E-state index is 12.4. The number of hydrogen-bond donors (Lipinski definition) is 2. The van der Waals surface area contributed by atoms with Crippen LogP contribution >= 0.6 is 27.7 Å². The molecule has 0 unspecified atom stereocenters. The average Bonchev–Trinajstić information content (AvgIpc) is 2.60.